The molecule has 0 saturated carbocycles. The van der Waals surface area contributed by atoms with E-state index in [1.165, 1.54) is 4.90 Å². The second-order valence-electron chi connectivity index (χ2n) is 9.85. The number of amides is 3. The predicted octanol–water partition coefficient (Wildman–Crippen LogP) is 0.791. The molecule has 232 valence electrons. The fourth-order valence-electron chi connectivity index (χ4n) is 3.95. The number of rotatable bonds is 15. The van der Waals surface area contributed by atoms with E-state index < -0.39 is 54.1 Å². The van der Waals surface area contributed by atoms with Crippen molar-refractivity contribution in [2.75, 3.05) is 26.2 Å². The minimum atomic E-state index is -4.61. The van der Waals surface area contributed by atoms with Gasteiger partial charge in [-0.2, -0.15) is 13.2 Å². The van der Waals surface area contributed by atoms with E-state index in [0.717, 1.165) is 24.3 Å². The molecule has 0 unspecified atom stereocenters. The van der Waals surface area contributed by atoms with E-state index in [2.05, 4.69) is 10.6 Å². The van der Waals surface area contributed by atoms with Crippen LogP contribution in [-0.2, 0) is 27.1 Å². The highest BCUT2D eigenvalue weighted by atomic mass is 19.4. The summed E-state index contributed by atoms with van der Waals surface area (Å²) in [6.07, 6.45) is -6.81. The van der Waals surface area contributed by atoms with E-state index in [0.29, 0.717) is 11.3 Å². The van der Waals surface area contributed by atoms with Crippen molar-refractivity contribution in [1.82, 2.24) is 15.5 Å². The normalized spacial score (nSPS) is 13.7. The van der Waals surface area contributed by atoms with E-state index in [1.807, 2.05) is 13.8 Å². The lowest BCUT2D eigenvalue weighted by Crippen LogP contribution is -2.55. The van der Waals surface area contributed by atoms with Crippen molar-refractivity contribution in [2.24, 2.45) is 17.2 Å². The Morgan fingerprint density at radius 3 is 2.02 bits per heavy atom. The number of nitrogens with one attached hydrogen (secondary N) is 2. The van der Waals surface area contributed by atoms with Gasteiger partial charge in [-0.1, -0.05) is 24.3 Å². The van der Waals surface area contributed by atoms with Gasteiger partial charge in [0.05, 0.1) is 24.1 Å². The van der Waals surface area contributed by atoms with Crippen LogP contribution in [0.1, 0.15) is 43.1 Å². The van der Waals surface area contributed by atoms with Crippen LogP contribution in [0.4, 0.5) is 13.2 Å². The van der Waals surface area contributed by atoms with Crippen LogP contribution >= 0.6 is 0 Å². The fourth-order valence-corrected chi connectivity index (χ4v) is 3.95. The van der Waals surface area contributed by atoms with Gasteiger partial charge in [-0.15, -0.1) is 0 Å². The maximum absolute atomic E-state index is 13.2. The molecule has 0 radical (unpaired) electrons. The lowest BCUT2D eigenvalue weighted by Gasteiger charge is -2.26. The standard InChI is InChI=1S/C28H39F3N6O5/c1-17(2)42-21-9-3-18(4-10-21)16-35-27(41)24(25(39)19-5-7-20(8-6-19)28(29,30)31)36-26(40)22(34)15-23(38)37(13-11-32)14-12-33/h3-10,17,22,24-25,39H,11-16,32-34H2,1-2H3,(H,35,41)(H,36,40)/t22-,24-,25+/m0/s1. The van der Waals surface area contributed by atoms with Gasteiger partial charge in [0.1, 0.15) is 17.9 Å². The Kier molecular flexibility index (Phi) is 13.2. The molecular formula is C28H39F3N6O5. The number of nitrogens with two attached hydrogens (primary N) is 3. The molecule has 0 fully saturated rings. The van der Waals surface area contributed by atoms with Gasteiger partial charge in [-0.3, -0.25) is 14.4 Å². The molecule has 0 aliphatic rings. The van der Waals surface area contributed by atoms with Crippen LogP contribution in [-0.4, -0.2) is 72.1 Å². The number of aliphatic hydroxyl groups excluding tert-OH is 1. The number of hydrogen-bond donors (Lipinski definition) is 6. The molecule has 42 heavy (non-hydrogen) atoms. The molecule has 3 atom stereocenters. The molecule has 9 N–H and O–H groups in total. The third-order valence-corrected chi connectivity index (χ3v) is 6.12. The zero-order valence-electron chi connectivity index (χ0n) is 23.6. The molecule has 0 saturated heterocycles. The molecule has 2 aromatic carbocycles. The third-order valence-electron chi connectivity index (χ3n) is 6.12. The second kappa shape index (κ2) is 16.1. The number of carbonyl (C=O) groups excluding carboxylic acids is 3. The Morgan fingerprint density at radius 2 is 1.52 bits per heavy atom. The Hall–Kier alpha value is -3.72. The highest BCUT2D eigenvalue weighted by Crippen LogP contribution is 2.30. The first kappa shape index (κ1) is 34.5. The molecule has 2 rings (SSSR count). The number of nitrogens with zero attached hydrogens (tertiary/aromatic N) is 1. The molecule has 0 bridgehead atoms. The SMILES string of the molecule is CC(C)Oc1ccc(CNC(=O)[C@@H](NC(=O)[C@@H](N)CC(=O)N(CCN)CCN)[C@H](O)c2ccc(C(F)(F)F)cc2)cc1. The Bertz CT molecular complexity index is 1160. The first-order valence-electron chi connectivity index (χ1n) is 13.4. The summed E-state index contributed by atoms with van der Waals surface area (Å²) < 4.78 is 44.7. The van der Waals surface area contributed by atoms with Gasteiger partial charge in [-0.05, 0) is 49.2 Å². The largest absolute Gasteiger partial charge is 0.491 e. The van der Waals surface area contributed by atoms with Crippen molar-refractivity contribution >= 4 is 17.7 Å². The van der Waals surface area contributed by atoms with Gasteiger partial charge in [0.25, 0.3) is 0 Å². The maximum atomic E-state index is 13.2. The van der Waals surface area contributed by atoms with E-state index in [-0.39, 0.29) is 44.4 Å². The Balaban J connectivity index is 2.21. The second-order valence-corrected chi connectivity index (χ2v) is 9.85. The molecule has 11 nitrogen and oxygen atoms in total. The lowest BCUT2D eigenvalue weighted by molar-refractivity contribution is -0.138. The summed E-state index contributed by atoms with van der Waals surface area (Å²) in [5.41, 5.74) is 16.7. The van der Waals surface area contributed by atoms with Gasteiger partial charge >= 0.3 is 6.18 Å². The van der Waals surface area contributed by atoms with Gasteiger partial charge in [0.15, 0.2) is 0 Å². The summed E-state index contributed by atoms with van der Waals surface area (Å²) in [5.74, 6) is -1.61. The predicted molar refractivity (Wildman–Crippen MR) is 150 cm³/mol. The number of carbonyl (C=O) groups is 3. The van der Waals surface area contributed by atoms with Crippen molar-refractivity contribution < 1.29 is 37.4 Å². The molecule has 0 aliphatic carbocycles. The van der Waals surface area contributed by atoms with Crippen LogP contribution in [0.15, 0.2) is 48.5 Å². The Morgan fingerprint density at radius 1 is 0.952 bits per heavy atom. The minimum absolute atomic E-state index is 0.00453. The van der Waals surface area contributed by atoms with Gasteiger partial charge in [0.2, 0.25) is 17.7 Å². The number of halogens is 3. The third kappa shape index (κ3) is 10.6. The number of ether oxygens (including phenoxy) is 1. The van der Waals surface area contributed by atoms with E-state index in [1.54, 1.807) is 24.3 Å². The molecular weight excluding hydrogens is 557 g/mol. The fraction of sp³-hybridized carbons (Fsp3) is 0.464. The summed E-state index contributed by atoms with van der Waals surface area (Å²) in [6, 6.07) is 7.33. The monoisotopic (exact) mass is 596 g/mol. The summed E-state index contributed by atoms with van der Waals surface area (Å²) in [7, 11) is 0. The molecule has 3 amide bonds. The summed E-state index contributed by atoms with van der Waals surface area (Å²) in [5, 5.41) is 15.9. The summed E-state index contributed by atoms with van der Waals surface area (Å²) in [6.45, 7) is 4.50. The van der Waals surface area contributed by atoms with Crippen molar-refractivity contribution in [3.8, 4) is 5.75 Å². The van der Waals surface area contributed by atoms with Crippen LogP contribution < -0.4 is 32.6 Å². The topological polar surface area (TPSA) is 186 Å². The summed E-state index contributed by atoms with van der Waals surface area (Å²) >= 11 is 0. The quantitative estimate of drug-likeness (QED) is 0.174. The first-order chi connectivity index (χ1) is 19.8. The molecule has 0 spiro atoms. The van der Waals surface area contributed by atoms with Gasteiger partial charge < -0.3 is 42.6 Å². The highest BCUT2D eigenvalue weighted by Gasteiger charge is 2.34. The van der Waals surface area contributed by atoms with E-state index in [4.69, 9.17) is 21.9 Å². The smallest absolute Gasteiger partial charge is 0.416 e. The van der Waals surface area contributed by atoms with Gasteiger partial charge in [-0.25, -0.2) is 0 Å². The van der Waals surface area contributed by atoms with Crippen LogP contribution in [0.3, 0.4) is 0 Å². The van der Waals surface area contributed by atoms with Crippen LogP contribution in [0, 0.1) is 0 Å². The molecule has 0 aliphatic heterocycles. The number of hydrogen-bond acceptors (Lipinski definition) is 8. The van der Waals surface area contributed by atoms with E-state index in [9.17, 15) is 32.7 Å². The molecule has 14 heteroatoms. The zero-order chi connectivity index (χ0) is 31.4. The van der Waals surface area contributed by atoms with Crippen LogP contribution in [0.25, 0.3) is 0 Å². The van der Waals surface area contributed by atoms with Crippen molar-refractivity contribution in [1.29, 1.82) is 0 Å². The number of aliphatic hydroxyl groups is 1. The summed E-state index contributed by atoms with van der Waals surface area (Å²) in [4.78, 5) is 40.1. The van der Waals surface area contributed by atoms with Crippen molar-refractivity contribution in [3.05, 3.63) is 65.2 Å². The number of alkyl halides is 3. The lowest BCUT2D eigenvalue weighted by atomic mass is 9.99. The maximum Gasteiger partial charge on any atom is 0.416 e. The average molecular weight is 597 g/mol. The average Bonchev–Trinajstić information content (AvgIpc) is 2.94. The molecule has 0 aromatic heterocycles. The molecule has 2 aromatic rings. The zero-order valence-corrected chi connectivity index (χ0v) is 23.6. The van der Waals surface area contributed by atoms with Crippen LogP contribution in [0.5, 0.6) is 5.75 Å². The van der Waals surface area contributed by atoms with Crippen molar-refractivity contribution in [3.63, 3.8) is 0 Å². The Labute approximate surface area is 242 Å². The number of benzene rings is 2. The van der Waals surface area contributed by atoms with E-state index >= 15 is 0 Å². The first-order valence-corrected chi connectivity index (χ1v) is 13.4. The van der Waals surface area contributed by atoms with Crippen molar-refractivity contribution in [2.45, 2.75) is 57.3 Å². The van der Waals surface area contributed by atoms with Crippen LogP contribution in [0.2, 0.25) is 0 Å². The molecule has 0 heterocycles. The minimum Gasteiger partial charge on any atom is -0.491 e. The van der Waals surface area contributed by atoms with Gasteiger partial charge in [0, 0.05) is 32.7 Å². The highest BCUT2D eigenvalue weighted by molar-refractivity contribution is 5.92.